The first kappa shape index (κ1) is 21.8. The van der Waals surface area contributed by atoms with Gasteiger partial charge in [-0.1, -0.05) is 23.9 Å². The van der Waals surface area contributed by atoms with E-state index in [-0.39, 0.29) is 34.7 Å². The van der Waals surface area contributed by atoms with Crippen LogP contribution in [-0.4, -0.2) is 71.2 Å². The Bertz CT molecular complexity index is 1150. The number of thioether (sulfide) groups is 1. The van der Waals surface area contributed by atoms with Gasteiger partial charge in [0.2, 0.25) is 5.91 Å². The van der Waals surface area contributed by atoms with E-state index in [2.05, 4.69) is 4.99 Å². The molecule has 1 aromatic carbocycles. The molecule has 2 N–H and O–H groups in total. The molecule has 0 bridgehead atoms. The number of carbonyl (C=O) groups is 3. The SMILES string of the molecule is COc1cccc2cc(C(=O)N3CCC4(CCN(C(=O)CC5SC(N)=NC5=O)C4)CC3)oc12. The van der Waals surface area contributed by atoms with Crippen molar-refractivity contribution in [3.05, 3.63) is 30.0 Å². The molecule has 3 aliphatic heterocycles. The number of rotatable bonds is 4. The number of methoxy groups -OCH3 is 1. The smallest absolute Gasteiger partial charge is 0.289 e. The second kappa shape index (κ2) is 8.40. The number of ether oxygens (including phenoxy) is 1. The van der Waals surface area contributed by atoms with Crippen molar-refractivity contribution < 1.29 is 23.5 Å². The molecule has 1 unspecified atom stereocenters. The van der Waals surface area contributed by atoms with Gasteiger partial charge in [-0.15, -0.1) is 0 Å². The normalized spacial score (nSPS) is 22.3. The second-order valence-corrected chi connectivity index (χ2v) is 10.2. The maximum Gasteiger partial charge on any atom is 0.289 e. The van der Waals surface area contributed by atoms with Crippen molar-refractivity contribution in [3.8, 4) is 5.75 Å². The number of carbonyl (C=O) groups excluding carboxylic acids is 3. The number of nitrogens with zero attached hydrogens (tertiary/aromatic N) is 3. The number of likely N-dealkylation sites (tertiary alicyclic amines) is 2. The van der Waals surface area contributed by atoms with Gasteiger partial charge in [0, 0.05) is 38.0 Å². The summed E-state index contributed by atoms with van der Waals surface area (Å²) in [5.74, 6) is 0.441. The highest BCUT2D eigenvalue weighted by molar-refractivity contribution is 8.15. The molecule has 2 aromatic rings. The standard InChI is InChI=1S/C23H26N4O5S/c1-31-15-4-2-3-14-11-16(32-19(14)15)21(30)26-8-5-23(6-9-26)7-10-27(13-23)18(28)12-17-20(29)25-22(24)33-17/h2-4,11,17H,5-10,12-13H2,1H3,(H2,24,25,29). The van der Waals surface area contributed by atoms with E-state index in [1.807, 2.05) is 21.9 Å². The molecule has 10 heteroatoms. The van der Waals surface area contributed by atoms with E-state index in [9.17, 15) is 14.4 Å². The molecule has 0 aliphatic carbocycles. The Morgan fingerprint density at radius 3 is 2.64 bits per heavy atom. The summed E-state index contributed by atoms with van der Waals surface area (Å²) < 4.78 is 11.2. The number of hydrogen-bond acceptors (Lipinski definition) is 7. The van der Waals surface area contributed by atoms with Crippen molar-refractivity contribution >= 4 is 45.6 Å². The Labute approximate surface area is 195 Å². The maximum atomic E-state index is 13.1. The van der Waals surface area contributed by atoms with Crippen LogP contribution >= 0.6 is 11.8 Å². The Kier molecular flexibility index (Phi) is 5.55. The highest BCUT2D eigenvalue weighted by Gasteiger charge is 2.44. The number of fused-ring (bicyclic) bond motifs is 1. The molecular formula is C23H26N4O5S. The average Bonchev–Trinajstić information content (AvgIpc) is 3.51. The van der Waals surface area contributed by atoms with Gasteiger partial charge in [0.25, 0.3) is 11.8 Å². The van der Waals surface area contributed by atoms with E-state index in [4.69, 9.17) is 14.9 Å². The van der Waals surface area contributed by atoms with Crippen LogP contribution in [0.25, 0.3) is 11.0 Å². The molecule has 5 rings (SSSR count). The lowest BCUT2D eigenvalue weighted by molar-refractivity contribution is -0.132. The summed E-state index contributed by atoms with van der Waals surface area (Å²) in [6, 6.07) is 7.33. The molecule has 2 fully saturated rings. The number of nitrogens with two attached hydrogens (primary N) is 1. The lowest BCUT2D eigenvalue weighted by Gasteiger charge is -2.39. The van der Waals surface area contributed by atoms with Crippen LogP contribution in [0, 0.1) is 5.41 Å². The summed E-state index contributed by atoms with van der Waals surface area (Å²) >= 11 is 1.16. The van der Waals surface area contributed by atoms with Gasteiger partial charge >= 0.3 is 0 Å². The van der Waals surface area contributed by atoms with Gasteiger partial charge in [-0.3, -0.25) is 14.4 Å². The van der Waals surface area contributed by atoms with Crippen LogP contribution in [0.1, 0.15) is 36.2 Å². The van der Waals surface area contributed by atoms with E-state index in [0.29, 0.717) is 43.3 Å². The third-order valence-electron chi connectivity index (χ3n) is 6.96. The summed E-state index contributed by atoms with van der Waals surface area (Å²) in [6.45, 7) is 2.59. The first-order valence-corrected chi connectivity index (χ1v) is 11.9. The van der Waals surface area contributed by atoms with E-state index in [0.717, 1.165) is 36.4 Å². The van der Waals surface area contributed by atoms with Gasteiger partial charge in [0.1, 0.15) is 5.25 Å². The van der Waals surface area contributed by atoms with Gasteiger partial charge in [0.15, 0.2) is 22.3 Å². The van der Waals surface area contributed by atoms with Gasteiger partial charge in [0.05, 0.1) is 7.11 Å². The zero-order chi connectivity index (χ0) is 23.2. The van der Waals surface area contributed by atoms with E-state index < -0.39 is 5.25 Å². The predicted molar refractivity (Wildman–Crippen MR) is 124 cm³/mol. The highest BCUT2D eigenvalue weighted by atomic mass is 32.2. The Morgan fingerprint density at radius 1 is 1.24 bits per heavy atom. The molecule has 33 heavy (non-hydrogen) atoms. The molecule has 1 atom stereocenters. The molecule has 1 spiro atoms. The summed E-state index contributed by atoms with van der Waals surface area (Å²) in [5, 5.41) is 0.564. The number of para-hydroxylation sites is 1. The Morgan fingerprint density at radius 2 is 1.97 bits per heavy atom. The maximum absolute atomic E-state index is 13.1. The van der Waals surface area contributed by atoms with Crippen LogP contribution in [0.15, 0.2) is 33.7 Å². The molecule has 1 aromatic heterocycles. The summed E-state index contributed by atoms with van der Waals surface area (Å²) in [4.78, 5) is 45.0. The topological polar surface area (TPSA) is 118 Å². The number of aliphatic imine (C=N–C) groups is 1. The summed E-state index contributed by atoms with van der Waals surface area (Å²) in [7, 11) is 1.58. The Balaban J connectivity index is 1.18. The minimum atomic E-state index is -0.504. The minimum Gasteiger partial charge on any atom is -0.493 e. The van der Waals surface area contributed by atoms with Crippen LogP contribution in [0.5, 0.6) is 5.75 Å². The number of amidine groups is 1. The van der Waals surface area contributed by atoms with Crippen molar-refractivity contribution in [2.75, 3.05) is 33.3 Å². The fourth-order valence-corrected chi connectivity index (χ4v) is 5.83. The average molecular weight is 471 g/mol. The lowest BCUT2D eigenvalue weighted by Crippen LogP contribution is -2.44. The molecule has 0 saturated carbocycles. The minimum absolute atomic E-state index is 0.0197. The molecule has 0 radical (unpaired) electrons. The zero-order valence-electron chi connectivity index (χ0n) is 18.4. The number of furan rings is 1. The predicted octanol–water partition coefficient (Wildman–Crippen LogP) is 2.24. The van der Waals surface area contributed by atoms with E-state index in [1.165, 1.54) is 0 Å². The molecule has 4 heterocycles. The van der Waals surface area contributed by atoms with Gasteiger partial charge in [-0.25, -0.2) is 0 Å². The number of benzene rings is 1. The molecule has 3 amide bonds. The zero-order valence-corrected chi connectivity index (χ0v) is 19.2. The third kappa shape index (κ3) is 4.07. The van der Waals surface area contributed by atoms with E-state index >= 15 is 0 Å². The molecule has 174 valence electrons. The van der Waals surface area contributed by atoms with Crippen molar-refractivity contribution in [2.24, 2.45) is 16.1 Å². The van der Waals surface area contributed by atoms with Crippen molar-refractivity contribution in [2.45, 2.75) is 30.9 Å². The molecule has 9 nitrogen and oxygen atoms in total. The third-order valence-corrected chi connectivity index (χ3v) is 7.95. The van der Waals surface area contributed by atoms with Crippen LogP contribution < -0.4 is 10.5 Å². The van der Waals surface area contributed by atoms with Crippen LogP contribution in [0.2, 0.25) is 0 Å². The Hall–Kier alpha value is -3.01. The van der Waals surface area contributed by atoms with Crippen LogP contribution in [-0.2, 0) is 9.59 Å². The molecular weight excluding hydrogens is 444 g/mol. The van der Waals surface area contributed by atoms with Gasteiger partial charge < -0.3 is 24.7 Å². The largest absolute Gasteiger partial charge is 0.493 e. The summed E-state index contributed by atoms with van der Waals surface area (Å²) in [6.07, 6.45) is 2.70. The van der Waals surface area contributed by atoms with Crippen molar-refractivity contribution in [1.82, 2.24) is 9.80 Å². The van der Waals surface area contributed by atoms with Crippen molar-refractivity contribution in [3.63, 3.8) is 0 Å². The number of hydrogen-bond donors (Lipinski definition) is 1. The molecule has 3 aliphatic rings. The quantitative estimate of drug-likeness (QED) is 0.728. The molecule has 2 saturated heterocycles. The van der Waals surface area contributed by atoms with Gasteiger partial charge in [-0.05, 0) is 36.8 Å². The lowest BCUT2D eigenvalue weighted by atomic mass is 9.77. The first-order chi connectivity index (χ1) is 15.9. The number of amides is 3. The monoisotopic (exact) mass is 470 g/mol. The second-order valence-electron chi connectivity index (χ2n) is 8.95. The van der Waals surface area contributed by atoms with E-state index in [1.54, 1.807) is 19.2 Å². The number of piperidine rings is 1. The fraction of sp³-hybridized carbons (Fsp3) is 0.478. The van der Waals surface area contributed by atoms with Gasteiger partial charge in [-0.2, -0.15) is 4.99 Å². The van der Waals surface area contributed by atoms with Crippen molar-refractivity contribution in [1.29, 1.82) is 0 Å². The summed E-state index contributed by atoms with van der Waals surface area (Å²) in [5.41, 5.74) is 6.19. The first-order valence-electron chi connectivity index (χ1n) is 11.1. The fourth-order valence-electron chi connectivity index (χ4n) is 5.02. The van der Waals surface area contributed by atoms with Crippen LogP contribution in [0.3, 0.4) is 0 Å². The van der Waals surface area contributed by atoms with Crippen LogP contribution in [0.4, 0.5) is 0 Å². The highest BCUT2D eigenvalue weighted by Crippen LogP contribution is 2.41.